The van der Waals surface area contributed by atoms with Gasteiger partial charge in [0, 0.05) is 30.9 Å². The van der Waals surface area contributed by atoms with Gasteiger partial charge in [0.15, 0.2) is 11.8 Å². The highest BCUT2D eigenvalue weighted by molar-refractivity contribution is 5.99. The number of aliphatic hydroxyl groups is 5. The van der Waals surface area contributed by atoms with E-state index in [1.54, 1.807) is 38.3 Å². The second kappa shape index (κ2) is 24.6. The molecule has 0 saturated carbocycles. The monoisotopic (exact) mass is 978 g/mol. The summed E-state index contributed by atoms with van der Waals surface area (Å²) in [6, 6.07) is 8.87. The zero-order valence-electron chi connectivity index (χ0n) is 39.0. The van der Waals surface area contributed by atoms with Crippen molar-refractivity contribution in [1.82, 2.24) is 41.8 Å². The lowest BCUT2D eigenvalue weighted by Crippen LogP contribution is -2.63. The topological polar surface area (TPSA) is 358 Å². The number of amides is 7. The van der Waals surface area contributed by atoms with Gasteiger partial charge in [0.05, 0.1) is 63.8 Å². The molecule has 2 aromatic carbocycles. The van der Waals surface area contributed by atoms with Crippen molar-refractivity contribution < 1.29 is 73.7 Å². The number of likely N-dealkylation sites (N-methyl/N-ethyl adjacent to an activating group) is 1. The van der Waals surface area contributed by atoms with Gasteiger partial charge in [0.25, 0.3) is 5.91 Å². The SMILES string of the molecule is COc1ccc(C=CCCCCC(C)C(O)C(O)C2NC(=O)CC(O)CNC(=O)CNC(=O)C(Cc3c(C(=O)O)[nH]c4ccccc34)NC(=O)CN(C)C(=O)CC3(O)NC(=O)CC3NC(=O)C2O)cc1. The molecular formula is C47H62N8O15. The van der Waals surface area contributed by atoms with Crippen molar-refractivity contribution in [2.75, 3.05) is 33.8 Å². The Kier molecular flexibility index (Phi) is 19.0. The van der Waals surface area contributed by atoms with Gasteiger partial charge in [-0.15, -0.1) is 0 Å². The molecule has 13 N–H and O–H groups in total. The summed E-state index contributed by atoms with van der Waals surface area (Å²) in [4.78, 5) is 109. The summed E-state index contributed by atoms with van der Waals surface area (Å²) < 4.78 is 5.18. The van der Waals surface area contributed by atoms with E-state index in [1.165, 1.54) is 7.05 Å². The van der Waals surface area contributed by atoms with E-state index in [0.29, 0.717) is 36.6 Å². The number of H-pyrrole nitrogens is 1. The fourth-order valence-corrected chi connectivity index (χ4v) is 8.26. The Morgan fingerprint density at radius 3 is 2.30 bits per heavy atom. The molecule has 0 aliphatic carbocycles. The molecule has 9 unspecified atom stereocenters. The maximum absolute atomic E-state index is 13.7. The average molecular weight is 979 g/mol. The largest absolute Gasteiger partial charge is 0.497 e. The molecule has 3 heterocycles. The fraction of sp³-hybridized carbons (Fsp3) is 0.489. The summed E-state index contributed by atoms with van der Waals surface area (Å²) >= 11 is 0. The zero-order valence-corrected chi connectivity index (χ0v) is 39.0. The maximum Gasteiger partial charge on any atom is 0.352 e. The minimum Gasteiger partial charge on any atom is -0.497 e. The number of benzene rings is 2. The predicted octanol–water partition coefficient (Wildman–Crippen LogP) is -2.08. The fourth-order valence-electron chi connectivity index (χ4n) is 8.26. The van der Waals surface area contributed by atoms with Crippen LogP contribution in [0.4, 0.5) is 0 Å². The molecule has 1 aromatic heterocycles. The Morgan fingerprint density at radius 2 is 1.60 bits per heavy atom. The third-order valence-corrected chi connectivity index (χ3v) is 12.3. The van der Waals surface area contributed by atoms with E-state index in [-0.39, 0.29) is 11.3 Å². The van der Waals surface area contributed by atoms with Gasteiger partial charge in [-0.05, 0) is 54.5 Å². The second-order valence-electron chi connectivity index (χ2n) is 17.7. The summed E-state index contributed by atoms with van der Waals surface area (Å²) in [6.45, 7) is -0.413. The van der Waals surface area contributed by atoms with Crippen molar-refractivity contribution in [3.8, 4) is 5.75 Å². The molecule has 2 fully saturated rings. The van der Waals surface area contributed by atoms with Gasteiger partial charge in [0.1, 0.15) is 23.6 Å². The number of para-hydroxylation sites is 1. The molecule has 9 atom stereocenters. The van der Waals surface area contributed by atoms with Crippen molar-refractivity contribution in [2.45, 2.75) is 107 Å². The van der Waals surface area contributed by atoms with E-state index in [4.69, 9.17) is 4.74 Å². The molecule has 5 rings (SSSR count). The molecule has 380 valence electrons. The maximum atomic E-state index is 13.7. The number of allylic oxidation sites excluding steroid dienone is 1. The Hall–Kier alpha value is -6.92. The molecule has 3 aromatic rings. The van der Waals surface area contributed by atoms with Crippen molar-refractivity contribution in [2.24, 2.45) is 5.92 Å². The third-order valence-electron chi connectivity index (χ3n) is 12.3. The molecule has 7 amide bonds. The Bertz CT molecular complexity index is 2410. The highest BCUT2D eigenvalue weighted by atomic mass is 16.5. The van der Waals surface area contributed by atoms with Gasteiger partial charge in [-0.25, -0.2) is 4.79 Å². The number of nitrogens with one attached hydrogen (secondary N) is 7. The highest BCUT2D eigenvalue weighted by Crippen LogP contribution is 2.26. The van der Waals surface area contributed by atoms with Crippen LogP contribution in [0.15, 0.2) is 54.6 Å². The molecule has 2 aliphatic heterocycles. The van der Waals surface area contributed by atoms with Crippen LogP contribution in [0, 0.1) is 5.92 Å². The van der Waals surface area contributed by atoms with E-state index in [9.17, 15) is 69.0 Å². The number of unbranched alkanes of at least 4 members (excludes halogenated alkanes) is 2. The van der Waals surface area contributed by atoms with E-state index < -0.39 is 147 Å². The minimum atomic E-state index is -2.51. The average Bonchev–Trinajstić information content (AvgIpc) is 3.83. The van der Waals surface area contributed by atoms with E-state index in [0.717, 1.165) is 16.2 Å². The zero-order chi connectivity index (χ0) is 51.3. The minimum absolute atomic E-state index is 0.133. The van der Waals surface area contributed by atoms with E-state index in [2.05, 4.69) is 36.9 Å². The van der Waals surface area contributed by atoms with Gasteiger partial charge >= 0.3 is 5.97 Å². The van der Waals surface area contributed by atoms with Crippen LogP contribution in [0.3, 0.4) is 0 Å². The van der Waals surface area contributed by atoms with Crippen molar-refractivity contribution >= 4 is 64.3 Å². The number of β-amino-alcohol motifs (C(OH)–C–C–N with tert-alkyl or cyclic N) is 1. The number of nitrogens with zero attached hydrogens (tertiary/aromatic N) is 1. The Morgan fingerprint density at radius 1 is 0.886 bits per heavy atom. The molecule has 2 aliphatic rings. The number of hydrogen-bond donors (Lipinski definition) is 13. The number of aromatic carboxylic acids is 1. The van der Waals surface area contributed by atoms with Crippen molar-refractivity contribution in [3.63, 3.8) is 0 Å². The normalized spacial score (nSPS) is 25.2. The summed E-state index contributed by atoms with van der Waals surface area (Å²) in [5.74, 6) is -8.20. The molecule has 23 heteroatoms. The number of methoxy groups -OCH3 is 1. The quantitative estimate of drug-likeness (QED) is 0.0818. The number of rotatable bonds is 13. The Labute approximate surface area is 402 Å². The molecule has 0 radical (unpaired) electrons. The van der Waals surface area contributed by atoms with Crippen LogP contribution >= 0.6 is 0 Å². The van der Waals surface area contributed by atoms with Crippen molar-refractivity contribution in [3.05, 3.63) is 71.4 Å². The highest BCUT2D eigenvalue weighted by Gasteiger charge is 2.49. The number of carbonyl (C=O) groups is 8. The van der Waals surface area contributed by atoms with Crippen LogP contribution in [0.1, 0.15) is 73.5 Å². The number of fused-ring (bicyclic) bond motifs is 2. The van der Waals surface area contributed by atoms with Gasteiger partial charge in [-0.1, -0.05) is 55.8 Å². The number of carboxylic acid groups (broad SMARTS) is 1. The number of ether oxygens (including phenoxy) is 1. The number of hydrogen-bond acceptors (Lipinski definition) is 14. The van der Waals surface area contributed by atoms with Gasteiger partial charge < -0.3 is 77.2 Å². The van der Waals surface area contributed by atoms with Crippen molar-refractivity contribution in [1.29, 1.82) is 0 Å². The van der Waals surface area contributed by atoms with Gasteiger partial charge in [0.2, 0.25) is 35.4 Å². The summed E-state index contributed by atoms with van der Waals surface area (Å²) in [5.41, 5.74) is -1.26. The van der Waals surface area contributed by atoms with Crippen LogP contribution < -0.4 is 36.6 Å². The van der Waals surface area contributed by atoms with Crippen LogP contribution in [-0.2, 0) is 40.0 Å². The molecule has 0 bridgehead atoms. The molecule has 23 nitrogen and oxygen atoms in total. The smallest absolute Gasteiger partial charge is 0.352 e. The number of aliphatic hydroxyl groups excluding tert-OH is 4. The van der Waals surface area contributed by atoms with E-state index >= 15 is 0 Å². The first kappa shape index (κ1) is 54.0. The first-order chi connectivity index (χ1) is 33.2. The number of carbonyl (C=O) groups excluding carboxylic acids is 7. The lowest BCUT2D eigenvalue weighted by molar-refractivity contribution is -0.145. The van der Waals surface area contributed by atoms with E-state index in [1.807, 2.05) is 36.4 Å². The lowest BCUT2D eigenvalue weighted by Gasteiger charge is -2.35. The molecule has 2 saturated heterocycles. The molecular weight excluding hydrogens is 917 g/mol. The second-order valence-corrected chi connectivity index (χ2v) is 17.7. The molecule has 0 spiro atoms. The Balaban J connectivity index is 1.33. The van der Waals surface area contributed by atoms with Gasteiger partial charge in [-0.2, -0.15) is 0 Å². The summed E-state index contributed by atoms with van der Waals surface area (Å²) in [5, 5.41) is 80.8. The van der Waals surface area contributed by atoms with Crippen LogP contribution in [0.25, 0.3) is 17.0 Å². The van der Waals surface area contributed by atoms with Crippen LogP contribution in [-0.4, -0.2) is 170 Å². The summed E-state index contributed by atoms with van der Waals surface area (Å²) in [6.07, 6.45) is -4.06. The van der Waals surface area contributed by atoms with Crippen LogP contribution in [0.2, 0.25) is 0 Å². The lowest BCUT2D eigenvalue weighted by atomic mass is 9.88. The standard InChI is InChI=1S/C47H62N8O15/c1-25(10-6-4-5-7-11-26-14-16-28(70-3)17-15-26)41(62)42(63)40-43(64)45(66)52-33-20-35(58)54-47(33,69)21-38(61)55(2)24-37(60)50-32(19-30-29-12-8-9-13-31(29)51-39(30)46(67)68)44(65)49-23-36(59)48-22-27(56)18-34(57)53-40/h7-9,11-17,25,27,32-33,40-43,51,56,62-64,69H,4-6,10,18-24H2,1-3H3,(H,48,59)(H,49,65)(H,50,60)(H,52,66)(H,53,57)(H,54,58)(H,67,68). The van der Waals surface area contributed by atoms with Crippen LogP contribution in [0.5, 0.6) is 5.75 Å². The number of carboxylic acids is 1. The molecule has 70 heavy (non-hydrogen) atoms. The van der Waals surface area contributed by atoms with Gasteiger partial charge in [-0.3, -0.25) is 33.6 Å². The number of aromatic nitrogens is 1. The number of aromatic amines is 1. The first-order valence-corrected chi connectivity index (χ1v) is 22.8. The third kappa shape index (κ3) is 14.6. The first-order valence-electron chi connectivity index (χ1n) is 22.8. The predicted molar refractivity (Wildman–Crippen MR) is 249 cm³/mol. The summed E-state index contributed by atoms with van der Waals surface area (Å²) in [7, 11) is 2.74.